The average Bonchev–Trinajstić information content (AvgIpc) is 2.28. The Morgan fingerprint density at radius 3 is 2.73 bits per heavy atom. The van der Waals surface area contributed by atoms with Crippen molar-refractivity contribution in [1.82, 2.24) is 5.32 Å². The highest BCUT2D eigenvalue weighted by Crippen LogP contribution is 2.26. The minimum absolute atomic E-state index is 0.155. The van der Waals surface area contributed by atoms with E-state index in [2.05, 4.69) is 28.2 Å². The molecule has 15 heavy (non-hydrogen) atoms. The van der Waals surface area contributed by atoms with Crippen molar-refractivity contribution < 1.29 is 4.79 Å². The van der Waals surface area contributed by atoms with Crippen molar-refractivity contribution in [2.24, 2.45) is 11.8 Å². The van der Waals surface area contributed by atoms with Crippen molar-refractivity contribution in [3.05, 3.63) is 0 Å². The van der Waals surface area contributed by atoms with Gasteiger partial charge in [-0.05, 0) is 25.2 Å². The Morgan fingerprint density at radius 1 is 1.47 bits per heavy atom. The third-order valence-corrected chi connectivity index (χ3v) is 4.33. The summed E-state index contributed by atoms with van der Waals surface area (Å²) < 4.78 is 0. The molecule has 1 fully saturated rings. The molecule has 3 unspecified atom stereocenters. The Bertz CT molecular complexity index is 208. The predicted molar refractivity (Wildman–Crippen MR) is 67.1 cm³/mol. The normalized spacial score (nSPS) is 28.5. The van der Waals surface area contributed by atoms with E-state index >= 15 is 0 Å². The molecule has 0 radical (unpaired) electrons. The molecule has 3 atom stereocenters. The van der Waals surface area contributed by atoms with Crippen molar-refractivity contribution in [1.29, 1.82) is 0 Å². The molecule has 2 nitrogen and oxygen atoms in total. The Kier molecular flexibility index (Phi) is 5.65. The molecule has 0 aromatic heterocycles. The Hall–Kier alpha value is -0.0500. The molecule has 1 aliphatic rings. The molecule has 3 heteroatoms. The van der Waals surface area contributed by atoms with Crippen molar-refractivity contribution in [2.75, 3.05) is 5.33 Å². The van der Waals surface area contributed by atoms with Gasteiger partial charge >= 0.3 is 0 Å². The van der Waals surface area contributed by atoms with E-state index in [4.69, 9.17) is 0 Å². The summed E-state index contributed by atoms with van der Waals surface area (Å²) in [4.78, 5) is 11.8. The number of hydrogen-bond acceptors (Lipinski definition) is 1. The zero-order valence-electron chi connectivity index (χ0n) is 9.76. The molecule has 1 rings (SSSR count). The highest BCUT2D eigenvalue weighted by Gasteiger charge is 2.26. The van der Waals surface area contributed by atoms with Gasteiger partial charge in [0.15, 0.2) is 0 Å². The second-order valence-electron chi connectivity index (χ2n) is 4.62. The number of halogens is 1. The van der Waals surface area contributed by atoms with Crippen LogP contribution in [0.5, 0.6) is 0 Å². The maximum absolute atomic E-state index is 11.8. The number of rotatable bonds is 4. The summed E-state index contributed by atoms with van der Waals surface area (Å²) >= 11 is 3.54. The van der Waals surface area contributed by atoms with Gasteiger partial charge < -0.3 is 5.32 Å². The predicted octanol–water partition coefficient (Wildman–Crippen LogP) is 3.10. The fourth-order valence-electron chi connectivity index (χ4n) is 2.09. The smallest absolute Gasteiger partial charge is 0.223 e. The first kappa shape index (κ1) is 13.0. The highest BCUT2D eigenvalue weighted by molar-refractivity contribution is 9.09. The lowest BCUT2D eigenvalue weighted by atomic mass is 9.85. The molecular weight excluding hydrogens is 254 g/mol. The van der Waals surface area contributed by atoms with Gasteiger partial charge in [0, 0.05) is 17.3 Å². The van der Waals surface area contributed by atoms with Crippen molar-refractivity contribution >= 4 is 21.8 Å². The summed E-state index contributed by atoms with van der Waals surface area (Å²) in [5.74, 6) is 1.02. The van der Waals surface area contributed by atoms with Gasteiger partial charge in [-0.2, -0.15) is 0 Å². The van der Waals surface area contributed by atoms with Crippen LogP contribution in [0, 0.1) is 11.8 Å². The zero-order chi connectivity index (χ0) is 11.3. The summed E-state index contributed by atoms with van der Waals surface area (Å²) in [5.41, 5.74) is 0. The fourth-order valence-corrected chi connectivity index (χ4v) is 2.87. The molecule has 0 spiro atoms. The molecule has 0 aliphatic heterocycles. The van der Waals surface area contributed by atoms with Crippen molar-refractivity contribution in [3.63, 3.8) is 0 Å². The number of alkyl halides is 1. The van der Waals surface area contributed by atoms with Crippen LogP contribution in [0.25, 0.3) is 0 Å². The van der Waals surface area contributed by atoms with Crippen molar-refractivity contribution in [3.8, 4) is 0 Å². The third-order valence-electron chi connectivity index (χ3n) is 3.49. The number of carbonyl (C=O) groups excluding carboxylic acids is 1. The molecular formula is C12H22BrNO. The lowest BCUT2D eigenvalue weighted by Gasteiger charge is -2.31. The van der Waals surface area contributed by atoms with Gasteiger partial charge in [-0.15, -0.1) is 0 Å². The minimum atomic E-state index is 0.155. The van der Waals surface area contributed by atoms with Crippen LogP contribution in [0.1, 0.15) is 46.0 Å². The van der Waals surface area contributed by atoms with Gasteiger partial charge in [0.1, 0.15) is 0 Å². The first-order chi connectivity index (χ1) is 7.19. The molecule has 88 valence electrons. The lowest BCUT2D eigenvalue weighted by molar-refractivity contribution is -0.125. The second kappa shape index (κ2) is 6.51. The topological polar surface area (TPSA) is 29.1 Å². The van der Waals surface area contributed by atoms with E-state index in [9.17, 15) is 4.79 Å². The van der Waals surface area contributed by atoms with Crippen LogP contribution >= 0.6 is 15.9 Å². The fraction of sp³-hybridized carbons (Fsp3) is 0.917. The molecule has 0 bridgehead atoms. The van der Waals surface area contributed by atoms with Crippen LogP contribution in [0.4, 0.5) is 0 Å². The van der Waals surface area contributed by atoms with E-state index in [1.165, 1.54) is 19.3 Å². The summed E-state index contributed by atoms with van der Waals surface area (Å²) in [6.07, 6.45) is 5.90. The van der Waals surface area contributed by atoms with Crippen LogP contribution < -0.4 is 5.32 Å². The van der Waals surface area contributed by atoms with E-state index in [0.29, 0.717) is 12.0 Å². The van der Waals surface area contributed by atoms with E-state index in [1.807, 2.05) is 6.92 Å². The largest absolute Gasteiger partial charge is 0.353 e. The van der Waals surface area contributed by atoms with Gasteiger partial charge in [-0.25, -0.2) is 0 Å². The van der Waals surface area contributed by atoms with Gasteiger partial charge in [0.2, 0.25) is 5.91 Å². The summed E-state index contributed by atoms with van der Waals surface area (Å²) in [6, 6.07) is 0.402. The zero-order valence-corrected chi connectivity index (χ0v) is 11.3. The third kappa shape index (κ3) is 3.78. The molecule has 1 amide bonds. The van der Waals surface area contributed by atoms with E-state index < -0.39 is 0 Å². The standard InChI is InChI=1S/C12H22BrNO/c1-3-9(2)12(15)14-11-7-5-4-6-10(11)8-13/h9-11H,3-8H2,1-2H3,(H,14,15). The molecule has 0 aromatic rings. The summed E-state index contributed by atoms with van der Waals surface area (Å²) in [7, 11) is 0. The SMILES string of the molecule is CCC(C)C(=O)NC1CCCCC1CBr. The monoisotopic (exact) mass is 275 g/mol. The molecule has 1 aliphatic carbocycles. The molecule has 1 N–H and O–H groups in total. The minimum Gasteiger partial charge on any atom is -0.353 e. The maximum Gasteiger partial charge on any atom is 0.223 e. The number of hydrogen-bond donors (Lipinski definition) is 1. The van der Waals surface area contributed by atoms with Gasteiger partial charge in [-0.1, -0.05) is 42.6 Å². The second-order valence-corrected chi connectivity index (χ2v) is 5.27. The van der Waals surface area contributed by atoms with Crippen LogP contribution in [-0.2, 0) is 4.79 Å². The van der Waals surface area contributed by atoms with E-state index in [-0.39, 0.29) is 11.8 Å². The van der Waals surface area contributed by atoms with Crippen LogP contribution in [-0.4, -0.2) is 17.3 Å². The van der Waals surface area contributed by atoms with Gasteiger partial charge in [0.25, 0.3) is 0 Å². The number of carbonyl (C=O) groups is 1. The van der Waals surface area contributed by atoms with E-state index in [0.717, 1.165) is 18.2 Å². The molecule has 0 saturated heterocycles. The number of amides is 1. The van der Waals surface area contributed by atoms with Crippen LogP contribution in [0.2, 0.25) is 0 Å². The van der Waals surface area contributed by atoms with Gasteiger partial charge in [0.05, 0.1) is 0 Å². The molecule has 0 aromatic carbocycles. The average molecular weight is 276 g/mol. The van der Waals surface area contributed by atoms with Crippen molar-refractivity contribution in [2.45, 2.75) is 52.0 Å². The quantitative estimate of drug-likeness (QED) is 0.785. The summed E-state index contributed by atoms with van der Waals surface area (Å²) in [6.45, 7) is 4.06. The van der Waals surface area contributed by atoms with E-state index in [1.54, 1.807) is 0 Å². The summed E-state index contributed by atoms with van der Waals surface area (Å²) in [5, 5.41) is 4.21. The Balaban J connectivity index is 2.44. The Labute approximate surface area is 101 Å². The first-order valence-electron chi connectivity index (χ1n) is 6.05. The lowest BCUT2D eigenvalue weighted by Crippen LogP contribution is -2.44. The highest BCUT2D eigenvalue weighted by atomic mass is 79.9. The van der Waals surface area contributed by atoms with Crippen LogP contribution in [0.3, 0.4) is 0 Å². The number of nitrogens with one attached hydrogen (secondary N) is 1. The maximum atomic E-state index is 11.8. The van der Waals surface area contributed by atoms with Crippen LogP contribution in [0.15, 0.2) is 0 Å². The molecule has 1 saturated carbocycles. The molecule has 0 heterocycles. The Morgan fingerprint density at radius 2 is 2.13 bits per heavy atom. The first-order valence-corrected chi connectivity index (χ1v) is 7.17. The van der Waals surface area contributed by atoms with Gasteiger partial charge in [-0.3, -0.25) is 4.79 Å².